The quantitative estimate of drug-likeness (QED) is 0.477. The summed E-state index contributed by atoms with van der Waals surface area (Å²) >= 11 is 0. The van der Waals surface area contributed by atoms with Gasteiger partial charge in [0.25, 0.3) is 0 Å². The molecule has 4 aliphatic rings. The van der Waals surface area contributed by atoms with Crippen LogP contribution >= 0.6 is 0 Å². The van der Waals surface area contributed by atoms with E-state index in [2.05, 4.69) is 19.2 Å². The SMILES string of the molecule is C[C@H]1CCC[C@]2(C)C[C@H]3OC(=O)[C@H](CNCCc4ccc(F)cc4)[C@H]3[C@@H]3O[C@@]132. The van der Waals surface area contributed by atoms with Crippen LogP contribution in [0.3, 0.4) is 0 Å². The molecule has 0 aromatic heterocycles. The molecule has 7 atom stereocenters. The van der Waals surface area contributed by atoms with Gasteiger partial charge in [0.1, 0.15) is 17.5 Å². The van der Waals surface area contributed by atoms with Crippen molar-refractivity contribution in [3.8, 4) is 0 Å². The lowest BCUT2D eigenvalue weighted by molar-refractivity contribution is -0.146. The van der Waals surface area contributed by atoms with E-state index in [0.29, 0.717) is 12.5 Å². The van der Waals surface area contributed by atoms with Crippen molar-refractivity contribution in [1.82, 2.24) is 5.32 Å². The second-order valence-corrected chi connectivity index (χ2v) is 9.63. The summed E-state index contributed by atoms with van der Waals surface area (Å²) in [6.07, 6.45) is 5.57. The molecular formula is C23H30FNO3. The first-order valence-corrected chi connectivity index (χ1v) is 10.8. The summed E-state index contributed by atoms with van der Waals surface area (Å²) in [7, 11) is 0. The number of carbonyl (C=O) groups excluding carboxylic acids is 1. The average Bonchev–Trinajstić information content (AvgIpc) is 3.34. The molecule has 5 heteroatoms. The van der Waals surface area contributed by atoms with Crippen LogP contribution in [-0.4, -0.2) is 36.9 Å². The maximum absolute atomic E-state index is 13.0. The number of rotatable bonds is 5. The summed E-state index contributed by atoms with van der Waals surface area (Å²) in [5.41, 5.74) is 1.20. The van der Waals surface area contributed by atoms with Gasteiger partial charge in [-0.1, -0.05) is 32.4 Å². The van der Waals surface area contributed by atoms with Crippen molar-refractivity contribution < 1.29 is 18.7 Å². The third kappa shape index (κ3) is 2.66. The molecule has 1 spiro atoms. The van der Waals surface area contributed by atoms with E-state index < -0.39 is 0 Å². The molecule has 2 aliphatic heterocycles. The van der Waals surface area contributed by atoms with Crippen LogP contribution in [0.25, 0.3) is 0 Å². The van der Waals surface area contributed by atoms with Gasteiger partial charge in [0.05, 0.1) is 12.0 Å². The molecule has 0 unspecified atom stereocenters. The van der Waals surface area contributed by atoms with E-state index in [1.807, 2.05) is 12.1 Å². The van der Waals surface area contributed by atoms with Crippen LogP contribution in [0, 0.1) is 29.0 Å². The Hall–Kier alpha value is -1.46. The van der Waals surface area contributed by atoms with Crippen molar-refractivity contribution in [3.63, 3.8) is 0 Å². The van der Waals surface area contributed by atoms with Gasteiger partial charge in [-0.3, -0.25) is 4.79 Å². The Morgan fingerprint density at radius 1 is 1.29 bits per heavy atom. The molecule has 0 amide bonds. The lowest BCUT2D eigenvalue weighted by Crippen LogP contribution is -2.54. The zero-order valence-electron chi connectivity index (χ0n) is 16.7. The van der Waals surface area contributed by atoms with Gasteiger partial charge in [-0.05, 0) is 55.8 Å². The number of nitrogens with one attached hydrogen (secondary N) is 1. The number of epoxide rings is 1. The summed E-state index contributed by atoms with van der Waals surface area (Å²) < 4.78 is 25.3. The summed E-state index contributed by atoms with van der Waals surface area (Å²) in [4.78, 5) is 12.6. The van der Waals surface area contributed by atoms with Crippen LogP contribution in [0.1, 0.15) is 45.1 Å². The minimum atomic E-state index is -0.212. The van der Waals surface area contributed by atoms with E-state index in [0.717, 1.165) is 24.9 Å². The van der Waals surface area contributed by atoms with Gasteiger partial charge in [0.15, 0.2) is 0 Å². The minimum absolute atomic E-state index is 0.00678. The lowest BCUT2D eigenvalue weighted by Gasteiger charge is -2.48. The lowest BCUT2D eigenvalue weighted by atomic mass is 9.53. The zero-order valence-corrected chi connectivity index (χ0v) is 16.7. The molecule has 2 saturated carbocycles. The predicted molar refractivity (Wildman–Crippen MR) is 103 cm³/mol. The largest absolute Gasteiger partial charge is 0.462 e. The first-order valence-electron chi connectivity index (χ1n) is 10.8. The molecule has 5 rings (SSSR count). The van der Waals surface area contributed by atoms with Crippen LogP contribution in [0.4, 0.5) is 4.39 Å². The average molecular weight is 387 g/mol. The molecule has 4 nitrogen and oxygen atoms in total. The Balaban J connectivity index is 1.23. The molecule has 2 aliphatic carbocycles. The van der Waals surface area contributed by atoms with E-state index in [9.17, 15) is 9.18 Å². The molecule has 1 aromatic carbocycles. The van der Waals surface area contributed by atoms with Crippen molar-refractivity contribution in [2.75, 3.05) is 13.1 Å². The van der Waals surface area contributed by atoms with Crippen LogP contribution in [0.5, 0.6) is 0 Å². The first-order chi connectivity index (χ1) is 13.4. The van der Waals surface area contributed by atoms with Gasteiger partial charge >= 0.3 is 5.97 Å². The Kier molecular flexibility index (Phi) is 4.33. The molecular weight excluding hydrogens is 357 g/mol. The minimum Gasteiger partial charge on any atom is -0.462 e. The molecule has 1 N–H and O–H groups in total. The summed E-state index contributed by atoms with van der Waals surface area (Å²) in [6, 6.07) is 6.60. The van der Waals surface area contributed by atoms with Crippen LogP contribution < -0.4 is 5.32 Å². The zero-order chi connectivity index (χ0) is 19.5. The van der Waals surface area contributed by atoms with Gasteiger partial charge in [0.2, 0.25) is 0 Å². The number of ether oxygens (including phenoxy) is 2. The van der Waals surface area contributed by atoms with Crippen LogP contribution in [-0.2, 0) is 20.7 Å². The number of carbonyl (C=O) groups is 1. The molecule has 152 valence electrons. The van der Waals surface area contributed by atoms with Crippen molar-refractivity contribution >= 4 is 5.97 Å². The second-order valence-electron chi connectivity index (χ2n) is 9.63. The maximum Gasteiger partial charge on any atom is 0.311 e. The predicted octanol–water partition coefficient (Wildman–Crippen LogP) is 3.48. The van der Waals surface area contributed by atoms with Gasteiger partial charge in [-0.15, -0.1) is 0 Å². The van der Waals surface area contributed by atoms with E-state index in [1.54, 1.807) is 0 Å². The van der Waals surface area contributed by atoms with Crippen LogP contribution in [0.2, 0.25) is 0 Å². The molecule has 0 bridgehead atoms. The smallest absolute Gasteiger partial charge is 0.311 e. The van der Waals surface area contributed by atoms with Crippen molar-refractivity contribution in [2.24, 2.45) is 23.2 Å². The van der Waals surface area contributed by atoms with E-state index >= 15 is 0 Å². The highest BCUT2D eigenvalue weighted by atomic mass is 19.1. The highest BCUT2D eigenvalue weighted by molar-refractivity contribution is 5.76. The number of esters is 1. The first kappa shape index (κ1) is 18.6. The standard InChI is InChI=1S/C23H30FNO3/c1-14-4-3-10-22(2)12-18-19(20-23(14,22)28-20)17(21(26)27-18)13-25-11-9-15-5-7-16(24)8-6-15/h5-8,14,17-20,25H,3-4,9-13H2,1-2H3/t14-,17+,18+,19+,20-,22+,23-/m0/s1. The number of halogens is 1. The summed E-state index contributed by atoms with van der Waals surface area (Å²) in [5.74, 6) is 0.335. The Bertz CT molecular complexity index is 768. The van der Waals surface area contributed by atoms with Gasteiger partial charge < -0.3 is 14.8 Å². The highest BCUT2D eigenvalue weighted by Gasteiger charge is 2.78. The molecule has 1 aromatic rings. The number of hydrogen-bond acceptors (Lipinski definition) is 4. The van der Waals surface area contributed by atoms with Gasteiger partial charge in [-0.2, -0.15) is 0 Å². The van der Waals surface area contributed by atoms with Crippen molar-refractivity contribution in [3.05, 3.63) is 35.6 Å². The number of fused-ring (bicyclic) bond motifs is 2. The molecule has 2 heterocycles. The van der Waals surface area contributed by atoms with Crippen molar-refractivity contribution in [1.29, 1.82) is 0 Å². The van der Waals surface area contributed by atoms with E-state index in [1.165, 1.54) is 31.4 Å². The Morgan fingerprint density at radius 3 is 2.86 bits per heavy atom. The van der Waals surface area contributed by atoms with Crippen molar-refractivity contribution in [2.45, 2.75) is 63.8 Å². The molecule has 4 fully saturated rings. The molecule has 2 saturated heterocycles. The normalized spacial score (nSPS) is 43.7. The van der Waals surface area contributed by atoms with E-state index in [-0.39, 0.29) is 46.8 Å². The van der Waals surface area contributed by atoms with Crippen LogP contribution in [0.15, 0.2) is 24.3 Å². The summed E-state index contributed by atoms with van der Waals surface area (Å²) in [5, 5.41) is 3.43. The number of benzene rings is 1. The maximum atomic E-state index is 13.0. The third-order valence-corrected chi connectivity index (χ3v) is 8.06. The second kappa shape index (κ2) is 6.53. The fourth-order valence-corrected chi connectivity index (χ4v) is 6.61. The van der Waals surface area contributed by atoms with E-state index in [4.69, 9.17) is 9.47 Å². The summed E-state index contributed by atoms with van der Waals surface area (Å²) in [6.45, 7) is 6.06. The highest BCUT2D eigenvalue weighted by Crippen LogP contribution is 2.70. The van der Waals surface area contributed by atoms with Gasteiger partial charge in [-0.25, -0.2) is 4.39 Å². The fourth-order valence-electron chi connectivity index (χ4n) is 6.61. The molecule has 0 radical (unpaired) electrons. The third-order valence-electron chi connectivity index (χ3n) is 8.06. The fraction of sp³-hybridized carbons (Fsp3) is 0.696. The molecule has 28 heavy (non-hydrogen) atoms. The Morgan fingerprint density at radius 2 is 2.07 bits per heavy atom. The monoisotopic (exact) mass is 387 g/mol. The Labute approximate surface area is 166 Å². The topological polar surface area (TPSA) is 50.9 Å². The van der Waals surface area contributed by atoms with Gasteiger partial charge in [0, 0.05) is 17.9 Å². The number of hydrogen-bond donors (Lipinski definition) is 1.